The molecule has 0 unspecified atom stereocenters. The molecule has 0 aromatic carbocycles. The molecule has 0 amide bonds. The molecule has 0 atom stereocenters. The molecule has 0 N–H and O–H groups in total. The second-order valence-corrected chi connectivity index (χ2v) is 6.12. The maximum Gasteiger partial charge on any atom is 0.133 e. The lowest BCUT2D eigenvalue weighted by atomic mass is 9.98. The molecule has 18 heavy (non-hydrogen) atoms. The van der Waals surface area contributed by atoms with E-state index < -0.39 is 0 Å². The van der Waals surface area contributed by atoms with Gasteiger partial charge in [0.25, 0.3) is 0 Å². The van der Waals surface area contributed by atoms with Gasteiger partial charge >= 0.3 is 0 Å². The molecule has 1 saturated carbocycles. The average Bonchev–Trinajstić information content (AvgIpc) is 2.85. The number of Topliss-reactive ketones (excluding diaryl/α,β-unsaturated/α-hetero) is 1. The Morgan fingerprint density at radius 1 is 0.889 bits per heavy atom. The number of carbonyl (C=O) groups is 1. The molecule has 106 valence electrons. The van der Waals surface area contributed by atoms with Crippen molar-refractivity contribution in [3.63, 3.8) is 0 Å². The van der Waals surface area contributed by atoms with Crippen LogP contribution in [0.25, 0.3) is 0 Å². The minimum atomic E-state index is 0.535. The quantitative estimate of drug-likeness (QED) is 0.433. The monoisotopic (exact) mass is 252 g/mol. The molecule has 0 radical (unpaired) electrons. The number of ketones is 1. The zero-order valence-electron chi connectivity index (χ0n) is 12.4. The predicted molar refractivity (Wildman–Crippen MR) is 78.8 cm³/mol. The molecule has 1 nitrogen and oxygen atoms in total. The van der Waals surface area contributed by atoms with Crippen molar-refractivity contribution in [1.29, 1.82) is 0 Å². The van der Waals surface area contributed by atoms with Gasteiger partial charge in [0.2, 0.25) is 0 Å². The molecular weight excluding hydrogens is 220 g/mol. The molecule has 1 rings (SSSR count). The minimum absolute atomic E-state index is 0.535. The van der Waals surface area contributed by atoms with Crippen LogP contribution in [-0.2, 0) is 4.79 Å². The largest absolute Gasteiger partial charge is 0.300 e. The fourth-order valence-electron chi connectivity index (χ4n) is 3.09. The second kappa shape index (κ2) is 10.6. The fourth-order valence-corrected chi connectivity index (χ4v) is 3.09. The molecular formula is C17H32O. The van der Waals surface area contributed by atoms with E-state index >= 15 is 0 Å². The molecule has 1 fully saturated rings. The van der Waals surface area contributed by atoms with Gasteiger partial charge in [0.1, 0.15) is 5.78 Å². The number of hydrogen-bond donors (Lipinski definition) is 0. The number of hydrogen-bond acceptors (Lipinski definition) is 1. The van der Waals surface area contributed by atoms with Gasteiger partial charge in [-0.3, -0.25) is 4.79 Å². The van der Waals surface area contributed by atoms with Crippen molar-refractivity contribution in [2.45, 2.75) is 96.8 Å². The van der Waals surface area contributed by atoms with Crippen molar-refractivity contribution >= 4 is 5.78 Å². The normalized spacial score (nSPS) is 16.3. The van der Waals surface area contributed by atoms with Gasteiger partial charge < -0.3 is 0 Å². The molecule has 0 aromatic rings. The molecule has 0 saturated heterocycles. The summed E-state index contributed by atoms with van der Waals surface area (Å²) < 4.78 is 0. The highest BCUT2D eigenvalue weighted by Crippen LogP contribution is 2.28. The van der Waals surface area contributed by atoms with Crippen LogP contribution in [0, 0.1) is 5.92 Å². The molecule has 0 heterocycles. The van der Waals surface area contributed by atoms with Gasteiger partial charge in [-0.1, -0.05) is 77.6 Å². The van der Waals surface area contributed by atoms with Gasteiger partial charge in [-0.25, -0.2) is 0 Å². The summed E-state index contributed by atoms with van der Waals surface area (Å²) >= 11 is 0. The van der Waals surface area contributed by atoms with Gasteiger partial charge in [-0.2, -0.15) is 0 Å². The lowest BCUT2D eigenvalue weighted by Crippen LogP contribution is -2.04. The third-order valence-corrected chi connectivity index (χ3v) is 4.30. The highest BCUT2D eigenvalue weighted by Gasteiger charge is 2.17. The first kappa shape index (κ1) is 15.7. The third-order valence-electron chi connectivity index (χ3n) is 4.30. The van der Waals surface area contributed by atoms with Gasteiger partial charge in [0.05, 0.1) is 0 Å². The summed E-state index contributed by atoms with van der Waals surface area (Å²) in [6.45, 7) is 2.26. The maximum absolute atomic E-state index is 11.8. The first-order valence-corrected chi connectivity index (χ1v) is 8.34. The van der Waals surface area contributed by atoms with Crippen LogP contribution in [0.15, 0.2) is 0 Å². The highest BCUT2D eigenvalue weighted by atomic mass is 16.1. The van der Waals surface area contributed by atoms with E-state index in [4.69, 9.17) is 0 Å². The summed E-state index contributed by atoms with van der Waals surface area (Å²) in [6.07, 6.45) is 17.7. The van der Waals surface area contributed by atoms with Crippen molar-refractivity contribution in [3.05, 3.63) is 0 Å². The topological polar surface area (TPSA) is 17.1 Å². The van der Waals surface area contributed by atoms with Gasteiger partial charge in [-0.15, -0.1) is 0 Å². The predicted octanol–water partition coefficient (Wildman–Crippen LogP) is 5.67. The van der Waals surface area contributed by atoms with Crippen LogP contribution >= 0.6 is 0 Å². The summed E-state index contributed by atoms with van der Waals surface area (Å²) in [4.78, 5) is 11.8. The molecule has 1 heteroatoms. The minimum Gasteiger partial charge on any atom is -0.300 e. The summed E-state index contributed by atoms with van der Waals surface area (Å²) in [7, 11) is 0. The summed E-state index contributed by atoms with van der Waals surface area (Å²) in [6, 6.07) is 0. The lowest BCUT2D eigenvalue weighted by Gasteiger charge is -2.07. The van der Waals surface area contributed by atoms with Crippen LogP contribution in [0.1, 0.15) is 96.8 Å². The van der Waals surface area contributed by atoms with Crippen LogP contribution in [-0.4, -0.2) is 5.78 Å². The van der Waals surface area contributed by atoms with Crippen molar-refractivity contribution in [2.24, 2.45) is 5.92 Å². The number of rotatable bonds is 11. The van der Waals surface area contributed by atoms with Crippen molar-refractivity contribution in [3.8, 4) is 0 Å². The van der Waals surface area contributed by atoms with Crippen LogP contribution in [0.5, 0.6) is 0 Å². The molecule has 1 aliphatic carbocycles. The van der Waals surface area contributed by atoms with E-state index in [1.165, 1.54) is 70.6 Å². The highest BCUT2D eigenvalue weighted by molar-refractivity contribution is 5.78. The lowest BCUT2D eigenvalue weighted by molar-refractivity contribution is -0.120. The standard InChI is InChI=1S/C17H32O/c1-2-3-4-5-6-7-8-9-14-17(18)15-16-12-10-11-13-16/h16H,2-15H2,1H3. The summed E-state index contributed by atoms with van der Waals surface area (Å²) in [5.41, 5.74) is 0. The Balaban J connectivity index is 1.83. The van der Waals surface area contributed by atoms with Gasteiger partial charge in [0.15, 0.2) is 0 Å². The first-order valence-electron chi connectivity index (χ1n) is 8.34. The van der Waals surface area contributed by atoms with Crippen LogP contribution in [0.3, 0.4) is 0 Å². The molecule has 0 spiro atoms. The smallest absolute Gasteiger partial charge is 0.133 e. The Morgan fingerprint density at radius 2 is 1.44 bits per heavy atom. The van der Waals surface area contributed by atoms with E-state index in [0.717, 1.165) is 25.2 Å². The summed E-state index contributed by atoms with van der Waals surface area (Å²) in [5, 5.41) is 0. The zero-order chi connectivity index (χ0) is 13.1. The summed E-state index contributed by atoms with van der Waals surface area (Å²) in [5.74, 6) is 1.28. The second-order valence-electron chi connectivity index (χ2n) is 6.12. The van der Waals surface area contributed by atoms with E-state index in [9.17, 15) is 4.79 Å². The van der Waals surface area contributed by atoms with E-state index in [2.05, 4.69) is 6.92 Å². The Bertz CT molecular complexity index is 204. The Hall–Kier alpha value is -0.330. The Labute approximate surface area is 114 Å². The Kier molecular flexibility index (Phi) is 9.24. The van der Waals surface area contributed by atoms with Crippen LogP contribution in [0.2, 0.25) is 0 Å². The zero-order valence-corrected chi connectivity index (χ0v) is 12.4. The van der Waals surface area contributed by atoms with E-state index in [0.29, 0.717) is 5.78 Å². The van der Waals surface area contributed by atoms with Crippen LogP contribution in [0.4, 0.5) is 0 Å². The van der Waals surface area contributed by atoms with Crippen molar-refractivity contribution < 1.29 is 4.79 Å². The SMILES string of the molecule is CCCCCCCCCCC(=O)CC1CCCC1. The van der Waals surface area contributed by atoms with E-state index in [1.54, 1.807) is 0 Å². The van der Waals surface area contributed by atoms with Gasteiger partial charge in [0, 0.05) is 12.8 Å². The Morgan fingerprint density at radius 3 is 2.06 bits per heavy atom. The van der Waals surface area contributed by atoms with Crippen molar-refractivity contribution in [1.82, 2.24) is 0 Å². The molecule has 0 aromatic heterocycles. The maximum atomic E-state index is 11.8. The molecule has 0 aliphatic heterocycles. The van der Waals surface area contributed by atoms with Gasteiger partial charge in [-0.05, 0) is 12.3 Å². The van der Waals surface area contributed by atoms with Crippen molar-refractivity contribution in [2.75, 3.05) is 0 Å². The number of unbranched alkanes of at least 4 members (excludes halogenated alkanes) is 7. The first-order chi connectivity index (χ1) is 8.83. The molecule has 1 aliphatic rings. The van der Waals surface area contributed by atoms with E-state index in [-0.39, 0.29) is 0 Å². The van der Waals surface area contributed by atoms with Crippen LogP contribution < -0.4 is 0 Å². The molecule has 0 bridgehead atoms. The van der Waals surface area contributed by atoms with E-state index in [1.807, 2.05) is 0 Å². The fraction of sp³-hybridized carbons (Fsp3) is 0.941. The third kappa shape index (κ3) is 7.89. The average molecular weight is 252 g/mol. The number of carbonyl (C=O) groups excluding carboxylic acids is 1.